The Morgan fingerprint density at radius 3 is 2.41 bits per heavy atom. The van der Waals surface area contributed by atoms with Crippen LogP contribution in [0.2, 0.25) is 0 Å². The number of ether oxygens (including phenoxy) is 1. The summed E-state index contributed by atoms with van der Waals surface area (Å²) in [4.78, 5) is 52.4. The molecule has 9 nitrogen and oxygen atoms in total. The second-order valence-corrected chi connectivity index (χ2v) is 8.92. The number of para-hydroxylation sites is 1. The number of nitrogens with one attached hydrogen (secondary N) is 1. The lowest BCUT2D eigenvalue weighted by molar-refractivity contribution is -0.140. The number of benzene rings is 2. The molecule has 3 amide bonds. The van der Waals surface area contributed by atoms with Crippen LogP contribution in [0.3, 0.4) is 0 Å². The average molecular weight is 498 g/mol. The molecule has 174 valence electrons. The van der Waals surface area contributed by atoms with Crippen LogP contribution >= 0.6 is 24.0 Å². The van der Waals surface area contributed by atoms with Gasteiger partial charge in [0.25, 0.3) is 11.8 Å². The van der Waals surface area contributed by atoms with Crippen molar-refractivity contribution in [1.82, 2.24) is 4.90 Å². The third-order valence-corrected chi connectivity index (χ3v) is 6.49. The van der Waals surface area contributed by atoms with Crippen LogP contribution in [-0.2, 0) is 19.2 Å². The molecule has 2 aliphatic rings. The summed E-state index contributed by atoms with van der Waals surface area (Å²) < 4.78 is 5.45. The smallest absolute Gasteiger partial charge is 0.323 e. The molecule has 11 heteroatoms. The molecule has 0 bridgehead atoms. The molecule has 0 spiro atoms. The molecule has 0 unspecified atom stereocenters. The van der Waals surface area contributed by atoms with Crippen LogP contribution in [0.4, 0.5) is 11.4 Å². The Balaban J connectivity index is 1.59. The Hall–Kier alpha value is -3.70. The van der Waals surface area contributed by atoms with Gasteiger partial charge in [-0.05, 0) is 37.3 Å². The summed E-state index contributed by atoms with van der Waals surface area (Å²) in [5.74, 6) is -2.13. The highest BCUT2D eigenvalue weighted by Gasteiger charge is 2.42. The number of hydrogen-bond acceptors (Lipinski definition) is 7. The average Bonchev–Trinajstić information content (AvgIpc) is 3.22. The van der Waals surface area contributed by atoms with Gasteiger partial charge in [0.2, 0.25) is 5.91 Å². The molecular weight excluding hydrogens is 478 g/mol. The van der Waals surface area contributed by atoms with Gasteiger partial charge < -0.3 is 15.2 Å². The second kappa shape index (κ2) is 9.65. The number of carboxylic acids is 1. The molecular formula is C23H19N3O6S2. The number of carboxylic acid groups (broad SMARTS) is 1. The number of thiocarbonyl (C=S) groups is 1. The van der Waals surface area contributed by atoms with E-state index in [4.69, 9.17) is 22.1 Å². The van der Waals surface area contributed by atoms with Crippen molar-refractivity contribution >= 4 is 68.9 Å². The lowest BCUT2D eigenvalue weighted by Gasteiger charge is -2.17. The topological polar surface area (TPSA) is 116 Å². The SMILES string of the molecule is CCOc1ccc(NC(=O)CN2C(=O)/C(=C3\SC(=S)N(CC(=O)O)C3=O)c3ccccc32)cc1. The van der Waals surface area contributed by atoms with Crippen molar-refractivity contribution in [3.05, 3.63) is 59.0 Å². The van der Waals surface area contributed by atoms with Crippen molar-refractivity contribution in [1.29, 1.82) is 0 Å². The van der Waals surface area contributed by atoms with E-state index in [1.165, 1.54) is 4.90 Å². The largest absolute Gasteiger partial charge is 0.494 e. The summed E-state index contributed by atoms with van der Waals surface area (Å²) in [5, 5.41) is 11.8. The number of fused-ring (bicyclic) bond motifs is 1. The highest BCUT2D eigenvalue weighted by atomic mass is 32.2. The molecule has 4 rings (SSSR count). The van der Waals surface area contributed by atoms with Crippen molar-refractivity contribution in [3.8, 4) is 5.75 Å². The van der Waals surface area contributed by atoms with Crippen LogP contribution < -0.4 is 15.0 Å². The minimum Gasteiger partial charge on any atom is -0.494 e. The summed E-state index contributed by atoms with van der Waals surface area (Å²) in [5.41, 5.74) is 1.61. The maximum absolute atomic E-state index is 13.4. The molecule has 2 aromatic carbocycles. The van der Waals surface area contributed by atoms with E-state index >= 15 is 0 Å². The predicted molar refractivity (Wildman–Crippen MR) is 131 cm³/mol. The number of anilines is 2. The molecule has 2 heterocycles. The third kappa shape index (κ3) is 4.52. The number of nitrogens with zero attached hydrogens (tertiary/aromatic N) is 2. The van der Waals surface area contributed by atoms with Gasteiger partial charge in [0.15, 0.2) is 0 Å². The van der Waals surface area contributed by atoms with Crippen molar-refractivity contribution in [2.75, 3.05) is 29.9 Å². The molecule has 2 N–H and O–H groups in total. The van der Waals surface area contributed by atoms with Crippen LogP contribution in [0.1, 0.15) is 12.5 Å². The van der Waals surface area contributed by atoms with Gasteiger partial charge in [0, 0.05) is 11.3 Å². The highest BCUT2D eigenvalue weighted by molar-refractivity contribution is 8.26. The van der Waals surface area contributed by atoms with E-state index in [-0.39, 0.29) is 21.3 Å². The lowest BCUT2D eigenvalue weighted by atomic mass is 10.1. The Kier molecular flexibility index (Phi) is 6.66. The fraction of sp³-hybridized carbons (Fsp3) is 0.174. The quantitative estimate of drug-likeness (QED) is 0.443. The normalized spacial score (nSPS) is 17.3. The van der Waals surface area contributed by atoms with Gasteiger partial charge in [-0.2, -0.15) is 0 Å². The minimum atomic E-state index is -1.21. The maximum Gasteiger partial charge on any atom is 0.323 e. The van der Waals surface area contributed by atoms with Crippen LogP contribution in [0, 0.1) is 0 Å². The number of amides is 3. The van der Waals surface area contributed by atoms with E-state index in [9.17, 15) is 19.2 Å². The standard InChI is InChI=1S/C23H19N3O6S2/c1-2-32-14-9-7-13(8-10-14)24-17(27)11-25-16-6-4-3-5-15(16)19(21(25)30)20-22(31)26(12-18(28)29)23(33)34-20/h3-10H,2,11-12H2,1H3,(H,24,27)(H,28,29)/b20-19-. The number of aliphatic carboxylic acids is 1. The van der Waals surface area contributed by atoms with Gasteiger partial charge in [-0.15, -0.1) is 0 Å². The fourth-order valence-corrected chi connectivity index (χ4v) is 4.95. The van der Waals surface area contributed by atoms with Crippen LogP contribution in [0.5, 0.6) is 5.75 Å². The van der Waals surface area contributed by atoms with Crippen molar-refractivity contribution < 1.29 is 29.0 Å². The van der Waals surface area contributed by atoms with Gasteiger partial charge in [-0.1, -0.05) is 42.2 Å². The number of hydrogen-bond donors (Lipinski definition) is 2. The van der Waals surface area contributed by atoms with Gasteiger partial charge in [0.05, 0.1) is 22.8 Å². The number of carbonyl (C=O) groups excluding carboxylic acids is 3. The summed E-state index contributed by atoms with van der Waals surface area (Å²) in [6, 6.07) is 13.7. The first-order chi connectivity index (χ1) is 16.3. The van der Waals surface area contributed by atoms with E-state index in [1.807, 2.05) is 6.92 Å². The fourth-order valence-electron chi connectivity index (χ4n) is 3.62. The number of carbonyl (C=O) groups is 4. The maximum atomic E-state index is 13.4. The molecule has 1 saturated heterocycles. The molecule has 0 radical (unpaired) electrons. The van der Waals surface area contributed by atoms with E-state index in [0.29, 0.717) is 29.3 Å². The first kappa shape index (κ1) is 23.5. The molecule has 1 fully saturated rings. The first-order valence-corrected chi connectivity index (χ1v) is 11.5. The summed E-state index contributed by atoms with van der Waals surface area (Å²) >= 11 is 6.04. The van der Waals surface area contributed by atoms with Crippen LogP contribution in [0.15, 0.2) is 53.4 Å². The van der Waals surface area contributed by atoms with Crippen molar-refractivity contribution in [3.63, 3.8) is 0 Å². The number of thioether (sulfide) groups is 1. The van der Waals surface area contributed by atoms with Crippen LogP contribution in [0.25, 0.3) is 5.57 Å². The number of rotatable bonds is 7. The first-order valence-electron chi connectivity index (χ1n) is 10.2. The van der Waals surface area contributed by atoms with E-state index in [1.54, 1.807) is 48.5 Å². The Morgan fingerprint density at radius 1 is 1.03 bits per heavy atom. The summed E-state index contributed by atoms with van der Waals surface area (Å²) in [7, 11) is 0. The molecule has 2 aromatic rings. The molecule has 2 aliphatic heterocycles. The van der Waals surface area contributed by atoms with Gasteiger partial charge in [-0.25, -0.2) is 0 Å². The zero-order chi connectivity index (χ0) is 24.4. The zero-order valence-corrected chi connectivity index (χ0v) is 19.6. The monoisotopic (exact) mass is 497 g/mol. The summed E-state index contributed by atoms with van der Waals surface area (Å²) in [6.45, 7) is 1.53. The predicted octanol–water partition coefficient (Wildman–Crippen LogP) is 2.73. The van der Waals surface area contributed by atoms with E-state index in [2.05, 4.69) is 5.32 Å². The van der Waals surface area contributed by atoms with E-state index in [0.717, 1.165) is 16.7 Å². The van der Waals surface area contributed by atoms with Crippen molar-refractivity contribution in [2.24, 2.45) is 0 Å². The van der Waals surface area contributed by atoms with E-state index < -0.39 is 30.2 Å². The molecule has 0 atom stereocenters. The molecule has 34 heavy (non-hydrogen) atoms. The van der Waals surface area contributed by atoms with Gasteiger partial charge in [-0.3, -0.25) is 29.0 Å². The molecule has 0 saturated carbocycles. The Morgan fingerprint density at radius 2 is 1.74 bits per heavy atom. The highest BCUT2D eigenvalue weighted by Crippen LogP contribution is 2.44. The second-order valence-electron chi connectivity index (χ2n) is 7.27. The Labute approximate surface area is 204 Å². The third-order valence-electron chi connectivity index (χ3n) is 5.04. The van der Waals surface area contributed by atoms with Crippen molar-refractivity contribution in [2.45, 2.75) is 6.92 Å². The van der Waals surface area contributed by atoms with Crippen LogP contribution in [-0.4, -0.2) is 57.7 Å². The molecule has 0 aliphatic carbocycles. The Bertz CT molecular complexity index is 1240. The lowest BCUT2D eigenvalue weighted by Crippen LogP contribution is -2.36. The minimum absolute atomic E-state index is 0.0538. The molecule has 0 aromatic heterocycles. The van der Waals surface area contributed by atoms with Gasteiger partial charge in [0.1, 0.15) is 23.2 Å². The zero-order valence-electron chi connectivity index (χ0n) is 17.9. The summed E-state index contributed by atoms with van der Waals surface area (Å²) in [6.07, 6.45) is 0. The van der Waals surface area contributed by atoms with Gasteiger partial charge >= 0.3 is 5.97 Å².